The van der Waals surface area contributed by atoms with Crippen molar-refractivity contribution in [3.8, 4) is 11.1 Å². The molecule has 5 heteroatoms. The van der Waals surface area contributed by atoms with Crippen LogP contribution in [0.4, 0.5) is 5.82 Å². The van der Waals surface area contributed by atoms with Crippen molar-refractivity contribution >= 4 is 11.5 Å². The topological polar surface area (TPSA) is 51.5 Å². The van der Waals surface area contributed by atoms with Crippen molar-refractivity contribution in [3.05, 3.63) is 47.8 Å². The molecule has 0 saturated carbocycles. The van der Waals surface area contributed by atoms with Crippen LogP contribution in [0.25, 0.3) is 16.8 Å². The molecule has 0 radical (unpaired) electrons. The lowest BCUT2D eigenvalue weighted by Gasteiger charge is -2.12. The first kappa shape index (κ1) is 16.5. The minimum absolute atomic E-state index is 0.344. The first-order valence-corrected chi connectivity index (χ1v) is 8.30. The molecule has 0 atom stereocenters. The molecule has 1 N–H and O–H groups in total. The molecule has 126 valence electrons. The fraction of sp³-hybridized carbons (Fsp3) is 0.368. The highest BCUT2D eigenvalue weighted by molar-refractivity contribution is 5.80. The van der Waals surface area contributed by atoms with Gasteiger partial charge in [0, 0.05) is 31.0 Å². The Balaban J connectivity index is 2.18. The number of aryl methyl sites for hydroxylation is 1. The number of nitrogens with one attached hydrogen (secondary N) is 1. The lowest BCUT2D eigenvalue weighted by Crippen LogP contribution is -2.12. The van der Waals surface area contributed by atoms with E-state index in [0.29, 0.717) is 12.5 Å². The van der Waals surface area contributed by atoms with E-state index in [2.05, 4.69) is 37.4 Å². The maximum atomic E-state index is 5.14. The maximum Gasteiger partial charge on any atom is 0.165 e. The van der Waals surface area contributed by atoms with Gasteiger partial charge in [-0.05, 0) is 18.4 Å². The molecule has 0 unspecified atom stereocenters. The molecule has 1 aromatic carbocycles. The summed E-state index contributed by atoms with van der Waals surface area (Å²) in [6, 6.07) is 12.4. The van der Waals surface area contributed by atoms with Gasteiger partial charge in [0.2, 0.25) is 0 Å². The summed E-state index contributed by atoms with van der Waals surface area (Å²) < 4.78 is 7.05. The summed E-state index contributed by atoms with van der Waals surface area (Å²) in [5.41, 5.74) is 5.16. The van der Waals surface area contributed by atoms with E-state index in [0.717, 1.165) is 40.5 Å². The fourth-order valence-corrected chi connectivity index (χ4v) is 2.79. The number of aromatic nitrogens is 3. The van der Waals surface area contributed by atoms with Crippen molar-refractivity contribution in [2.24, 2.45) is 0 Å². The third-order valence-electron chi connectivity index (χ3n) is 4.05. The highest BCUT2D eigenvalue weighted by atomic mass is 16.5. The smallest absolute Gasteiger partial charge is 0.165 e. The van der Waals surface area contributed by atoms with Crippen molar-refractivity contribution in [1.29, 1.82) is 0 Å². The number of nitrogens with zero attached hydrogens (tertiary/aromatic N) is 3. The zero-order chi connectivity index (χ0) is 17.1. The van der Waals surface area contributed by atoms with Gasteiger partial charge in [-0.2, -0.15) is 9.61 Å². The van der Waals surface area contributed by atoms with Crippen LogP contribution in [-0.4, -0.2) is 34.9 Å². The minimum atomic E-state index is 0.344. The second-order valence-corrected chi connectivity index (χ2v) is 6.20. The standard InChI is InChI=1S/C19H24N4O/c1-13(2)16-12-17(20-10-11-24-4)23-19(21-16)18(14(3)22-23)15-8-6-5-7-9-15/h5-9,12-13,20H,10-11H2,1-4H3. The van der Waals surface area contributed by atoms with E-state index in [1.165, 1.54) is 0 Å². The number of methoxy groups -OCH3 is 1. The zero-order valence-corrected chi connectivity index (χ0v) is 14.7. The SMILES string of the molecule is COCCNc1cc(C(C)C)nc2c(-c3ccccc3)c(C)nn12. The second kappa shape index (κ2) is 7.01. The molecule has 0 amide bonds. The van der Waals surface area contributed by atoms with Gasteiger partial charge in [-0.25, -0.2) is 4.98 Å². The van der Waals surface area contributed by atoms with Crippen LogP contribution in [0.1, 0.15) is 31.2 Å². The molecule has 24 heavy (non-hydrogen) atoms. The monoisotopic (exact) mass is 324 g/mol. The van der Waals surface area contributed by atoms with Crippen molar-refractivity contribution in [1.82, 2.24) is 14.6 Å². The summed E-state index contributed by atoms with van der Waals surface area (Å²) in [7, 11) is 1.70. The molecule has 0 aliphatic carbocycles. The third-order valence-corrected chi connectivity index (χ3v) is 4.05. The van der Waals surface area contributed by atoms with Crippen LogP contribution in [-0.2, 0) is 4.74 Å². The van der Waals surface area contributed by atoms with Crippen LogP contribution in [0.5, 0.6) is 0 Å². The van der Waals surface area contributed by atoms with Gasteiger partial charge in [0.25, 0.3) is 0 Å². The van der Waals surface area contributed by atoms with E-state index in [-0.39, 0.29) is 0 Å². The second-order valence-electron chi connectivity index (χ2n) is 6.20. The first-order chi connectivity index (χ1) is 11.6. The molecule has 0 fully saturated rings. The average Bonchev–Trinajstić information content (AvgIpc) is 2.91. The molecule has 5 nitrogen and oxygen atoms in total. The summed E-state index contributed by atoms with van der Waals surface area (Å²) in [4.78, 5) is 4.89. The molecule has 0 saturated heterocycles. The summed E-state index contributed by atoms with van der Waals surface area (Å²) in [5, 5.41) is 8.13. The summed E-state index contributed by atoms with van der Waals surface area (Å²) in [5.74, 6) is 1.29. The van der Waals surface area contributed by atoms with Crippen LogP contribution in [0.15, 0.2) is 36.4 Å². The van der Waals surface area contributed by atoms with Crippen LogP contribution in [0.2, 0.25) is 0 Å². The van der Waals surface area contributed by atoms with Crippen molar-refractivity contribution < 1.29 is 4.74 Å². The van der Waals surface area contributed by atoms with Gasteiger partial charge in [0.05, 0.1) is 12.3 Å². The highest BCUT2D eigenvalue weighted by Crippen LogP contribution is 2.30. The number of fused-ring (bicyclic) bond motifs is 1. The highest BCUT2D eigenvalue weighted by Gasteiger charge is 2.17. The lowest BCUT2D eigenvalue weighted by atomic mass is 10.1. The van der Waals surface area contributed by atoms with Gasteiger partial charge in [-0.3, -0.25) is 0 Å². The van der Waals surface area contributed by atoms with Crippen LogP contribution in [0, 0.1) is 6.92 Å². The quantitative estimate of drug-likeness (QED) is 0.699. The van der Waals surface area contributed by atoms with Crippen molar-refractivity contribution in [3.63, 3.8) is 0 Å². The summed E-state index contributed by atoms with van der Waals surface area (Å²) in [6.07, 6.45) is 0. The van der Waals surface area contributed by atoms with Crippen molar-refractivity contribution in [2.45, 2.75) is 26.7 Å². The molecule has 0 bridgehead atoms. The number of benzene rings is 1. The lowest BCUT2D eigenvalue weighted by molar-refractivity contribution is 0.210. The average molecular weight is 324 g/mol. The predicted octanol–water partition coefficient (Wildman–Crippen LogP) is 3.89. The normalized spacial score (nSPS) is 11.4. The number of anilines is 1. The molecule has 3 aromatic rings. The van der Waals surface area contributed by atoms with E-state index >= 15 is 0 Å². The van der Waals surface area contributed by atoms with E-state index in [1.54, 1.807) is 7.11 Å². The molecular weight excluding hydrogens is 300 g/mol. The zero-order valence-electron chi connectivity index (χ0n) is 14.7. The Labute approximate surface area is 142 Å². The van der Waals surface area contributed by atoms with E-state index in [1.807, 2.05) is 29.6 Å². The minimum Gasteiger partial charge on any atom is -0.383 e. The Morgan fingerprint density at radius 2 is 1.96 bits per heavy atom. The van der Waals surface area contributed by atoms with Crippen molar-refractivity contribution in [2.75, 3.05) is 25.6 Å². The van der Waals surface area contributed by atoms with Crippen LogP contribution < -0.4 is 5.32 Å². The van der Waals surface area contributed by atoms with Crippen LogP contribution in [0.3, 0.4) is 0 Å². The van der Waals surface area contributed by atoms with Gasteiger partial charge in [0.15, 0.2) is 5.65 Å². The molecule has 0 spiro atoms. The number of hydrogen-bond acceptors (Lipinski definition) is 4. The Morgan fingerprint density at radius 3 is 2.62 bits per heavy atom. The molecule has 2 aromatic heterocycles. The Kier molecular flexibility index (Phi) is 4.81. The molecule has 0 aliphatic rings. The Morgan fingerprint density at radius 1 is 1.21 bits per heavy atom. The number of rotatable bonds is 6. The van der Waals surface area contributed by atoms with Gasteiger partial charge in [-0.1, -0.05) is 44.2 Å². The number of hydrogen-bond donors (Lipinski definition) is 1. The summed E-state index contributed by atoms with van der Waals surface area (Å²) in [6.45, 7) is 7.72. The van der Waals surface area contributed by atoms with E-state index in [4.69, 9.17) is 14.8 Å². The van der Waals surface area contributed by atoms with E-state index < -0.39 is 0 Å². The molecular formula is C19H24N4O. The molecule has 3 rings (SSSR count). The van der Waals surface area contributed by atoms with Gasteiger partial charge in [0.1, 0.15) is 5.82 Å². The fourth-order valence-electron chi connectivity index (χ4n) is 2.79. The Hall–Kier alpha value is -2.40. The summed E-state index contributed by atoms with van der Waals surface area (Å²) >= 11 is 0. The van der Waals surface area contributed by atoms with Gasteiger partial charge >= 0.3 is 0 Å². The largest absolute Gasteiger partial charge is 0.383 e. The van der Waals surface area contributed by atoms with Gasteiger partial charge in [-0.15, -0.1) is 0 Å². The third kappa shape index (κ3) is 3.12. The Bertz CT molecular complexity index is 824. The van der Waals surface area contributed by atoms with Gasteiger partial charge < -0.3 is 10.1 Å². The van der Waals surface area contributed by atoms with Crippen LogP contribution >= 0.6 is 0 Å². The predicted molar refractivity (Wildman–Crippen MR) is 97.6 cm³/mol. The van der Waals surface area contributed by atoms with E-state index in [9.17, 15) is 0 Å². The molecule has 0 aliphatic heterocycles. The first-order valence-electron chi connectivity index (χ1n) is 8.30. The maximum absolute atomic E-state index is 5.14. The molecule has 2 heterocycles. The number of ether oxygens (including phenoxy) is 1.